The van der Waals surface area contributed by atoms with Gasteiger partial charge in [-0.05, 0) is 17.7 Å². The summed E-state index contributed by atoms with van der Waals surface area (Å²) < 4.78 is 20.6. The SMILES string of the molecule is O=C(Cc1ccccc1)OP(=O)([O-])Oc1ccccc1. The Morgan fingerprint density at radius 3 is 2.15 bits per heavy atom. The molecule has 0 N–H and O–H groups in total. The lowest BCUT2D eigenvalue weighted by Gasteiger charge is -2.22. The van der Waals surface area contributed by atoms with Gasteiger partial charge >= 0.3 is 13.8 Å². The Morgan fingerprint density at radius 1 is 1.00 bits per heavy atom. The number of rotatable bonds is 5. The molecule has 2 aromatic carbocycles. The summed E-state index contributed by atoms with van der Waals surface area (Å²) in [6, 6.07) is 16.5. The van der Waals surface area contributed by atoms with E-state index in [1.807, 2.05) is 0 Å². The first-order valence-electron chi connectivity index (χ1n) is 5.87. The van der Waals surface area contributed by atoms with Gasteiger partial charge in [0.2, 0.25) is 0 Å². The summed E-state index contributed by atoms with van der Waals surface area (Å²) in [5, 5.41) is 0. The number of phosphoric acid groups is 1. The number of benzene rings is 2. The molecule has 1 atom stereocenters. The fourth-order valence-corrected chi connectivity index (χ4v) is 2.28. The van der Waals surface area contributed by atoms with Gasteiger partial charge in [0.05, 0.1) is 6.42 Å². The van der Waals surface area contributed by atoms with Crippen LogP contribution in [0.2, 0.25) is 0 Å². The van der Waals surface area contributed by atoms with E-state index in [0.29, 0.717) is 5.56 Å². The monoisotopic (exact) mass is 291 g/mol. The predicted molar refractivity (Wildman–Crippen MR) is 70.9 cm³/mol. The van der Waals surface area contributed by atoms with Crippen molar-refractivity contribution in [3.05, 3.63) is 66.2 Å². The van der Waals surface area contributed by atoms with Crippen molar-refractivity contribution in [1.82, 2.24) is 0 Å². The van der Waals surface area contributed by atoms with Crippen molar-refractivity contribution in [2.24, 2.45) is 0 Å². The van der Waals surface area contributed by atoms with Crippen LogP contribution in [-0.4, -0.2) is 5.97 Å². The lowest BCUT2D eigenvalue weighted by molar-refractivity contribution is -0.216. The molecule has 0 fully saturated rings. The molecule has 2 rings (SSSR count). The zero-order valence-corrected chi connectivity index (χ0v) is 11.4. The van der Waals surface area contributed by atoms with Crippen LogP contribution in [-0.2, 0) is 20.3 Å². The van der Waals surface area contributed by atoms with Gasteiger partial charge in [0, 0.05) is 0 Å². The fourth-order valence-electron chi connectivity index (χ4n) is 1.55. The van der Waals surface area contributed by atoms with Crippen molar-refractivity contribution >= 4 is 13.8 Å². The van der Waals surface area contributed by atoms with Crippen molar-refractivity contribution in [1.29, 1.82) is 0 Å². The van der Waals surface area contributed by atoms with Crippen LogP contribution >= 0.6 is 7.82 Å². The molecule has 0 aliphatic heterocycles. The van der Waals surface area contributed by atoms with Gasteiger partial charge in [0.25, 0.3) is 0 Å². The van der Waals surface area contributed by atoms with Gasteiger partial charge in [-0.15, -0.1) is 0 Å². The molecule has 1 unspecified atom stereocenters. The van der Waals surface area contributed by atoms with E-state index in [0.717, 1.165) is 0 Å². The highest BCUT2D eigenvalue weighted by Gasteiger charge is 2.17. The molecule has 104 valence electrons. The average Bonchev–Trinajstić information content (AvgIpc) is 2.39. The lowest BCUT2D eigenvalue weighted by atomic mass is 10.2. The van der Waals surface area contributed by atoms with Crippen LogP contribution in [0.3, 0.4) is 0 Å². The number of phosphoric ester groups is 1. The van der Waals surface area contributed by atoms with Gasteiger partial charge in [-0.2, -0.15) is 0 Å². The highest BCUT2D eigenvalue weighted by Crippen LogP contribution is 2.39. The maximum absolute atomic E-state index is 11.6. The summed E-state index contributed by atoms with van der Waals surface area (Å²) in [6.45, 7) is 0. The van der Waals surface area contributed by atoms with Crippen LogP contribution in [0, 0.1) is 0 Å². The Balaban J connectivity index is 1.94. The normalized spacial score (nSPS) is 13.2. The molecular formula is C14H12O5P-. The fraction of sp³-hybridized carbons (Fsp3) is 0.0714. The molecule has 0 aliphatic rings. The molecule has 6 heteroatoms. The van der Waals surface area contributed by atoms with Gasteiger partial charge in [-0.3, -0.25) is 4.79 Å². The first-order valence-corrected chi connectivity index (χ1v) is 7.33. The largest absolute Gasteiger partial charge is 0.736 e. The Labute approximate surface area is 116 Å². The first kappa shape index (κ1) is 14.3. The smallest absolute Gasteiger partial charge is 0.374 e. The van der Waals surface area contributed by atoms with E-state index < -0.39 is 13.8 Å². The molecule has 0 aliphatic carbocycles. The molecule has 2 aromatic rings. The summed E-state index contributed by atoms with van der Waals surface area (Å²) in [4.78, 5) is 23.1. The number of hydrogen-bond donors (Lipinski definition) is 0. The Bertz CT molecular complexity index is 612. The predicted octanol–water partition coefficient (Wildman–Crippen LogP) is 2.32. The number of hydrogen-bond acceptors (Lipinski definition) is 5. The minimum Gasteiger partial charge on any atom is -0.736 e. The third kappa shape index (κ3) is 4.53. The second kappa shape index (κ2) is 6.37. The molecule has 0 radical (unpaired) electrons. The molecule has 5 nitrogen and oxygen atoms in total. The van der Waals surface area contributed by atoms with Crippen LogP contribution in [0.15, 0.2) is 60.7 Å². The van der Waals surface area contributed by atoms with Gasteiger partial charge < -0.3 is 13.9 Å². The third-order valence-corrected chi connectivity index (χ3v) is 3.23. The van der Waals surface area contributed by atoms with E-state index in [9.17, 15) is 14.3 Å². The maximum Gasteiger partial charge on any atom is 0.374 e. The summed E-state index contributed by atoms with van der Waals surface area (Å²) in [5.74, 6) is -0.788. The molecule has 0 aromatic heterocycles. The standard InChI is InChI=1S/C14H13O5P/c15-14(11-12-7-3-1-4-8-12)19-20(16,17)18-13-9-5-2-6-10-13/h1-10H,11H2,(H,16,17)/p-1. The van der Waals surface area contributed by atoms with Crippen molar-refractivity contribution in [2.45, 2.75) is 6.42 Å². The van der Waals surface area contributed by atoms with Gasteiger partial charge in [0.1, 0.15) is 5.75 Å². The van der Waals surface area contributed by atoms with E-state index in [4.69, 9.17) is 0 Å². The van der Waals surface area contributed by atoms with Gasteiger partial charge in [-0.1, -0.05) is 48.5 Å². The number of para-hydroxylation sites is 1. The molecule has 0 saturated heterocycles. The van der Waals surface area contributed by atoms with Crippen molar-refractivity contribution in [3.63, 3.8) is 0 Å². The molecular weight excluding hydrogens is 279 g/mol. The van der Waals surface area contributed by atoms with E-state index >= 15 is 0 Å². The topological polar surface area (TPSA) is 75.7 Å². The summed E-state index contributed by atoms with van der Waals surface area (Å²) in [6.07, 6.45) is -0.134. The van der Waals surface area contributed by atoms with Gasteiger partial charge in [-0.25, -0.2) is 4.57 Å². The summed E-state index contributed by atoms with van der Waals surface area (Å²) in [7, 11) is -4.71. The van der Waals surface area contributed by atoms with Crippen LogP contribution in [0.5, 0.6) is 5.75 Å². The molecule has 0 heterocycles. The molecule has 0 saturated carbocycles. The lowest BCUT2D eigenvalue weighted by Crippen LogP contribution is -2.16. The van der Waals surface area contributed by atoms with E-state index in [2.05, 4.69) is 9.05 Å². The minimum absolute atomic E-state index is 0.0957. The highest BCUT2D eigenvalue weighted by molar-refractivity contribution is 7.46. The Kier molecular flexibility index (Phi) is 4.56. The molecule has 0 spiro atoms. The van der Waals surface area contributed by atoms with Crippen LogP contribution in [0.4, 0.5) is 0 Å². The minimum atomic E-state index is -4.71. The maximum atomic E-state index is 11.6. The second-order valence-electron chi connectivity index (χ2n) is 3.98. The number of carbonyl (C=O) groups excluding carboxylic acids is 1. The van der Waals surface area contributed by atoms with E-state index in [1.54, 1.807) is 48.5 Å². The average molecular weight is 291 g/mol. The number of carbonyl (C=O) groups is 1. The van der Waals surface area contributed by atoms with Crippen LogP contribution < -0.4 is 9.42 Å². The summed E-state index contributed by atoms with van der Waals surface area (Å²) in [5.41, 5.74) is 0.664. The zero-order chi connectivity index (χ0) is 14.4. The highest BCUT2D eigenvalue weighted by atomic mass is 31.2. The first-order chi connectivity index (χ1) is 9.55. The molecule has 0 amide bonds. The van der Waals surface area contributed by atoms with E-state index in [-0.39, 0.29) is 12.2 Å². The van der Waals surface area contributed by atoms with Crippen molar-refractivity contribution in [3.8, 4) is 5.75 Å². The Morgan fingerprint density at radius 2 is 1.55 bits per heavy atom. The van der Waals surface area contributed by atoms with E-state index in [1.165, 1.54) is 12.1 Å². The zero-order valence-electron chi connectivity index (χ0n) is 10.5. The van der Waals surface area contributed by atoms with Crippen molar-refractivity contribution in [2.75, 3.05) is 0 Å². The van der Waals surface area contributed by atoms with Crippen LogP contribution in [0.25, 0.3) is 0 Å². The second-order valence-corrected chi connectivity index (χ2v) is 5.24. The van der Waals surface area contributed by atoms with Crippen molar-refractivity contribution < 1.29 is 23.3 Å². The third-order valence-electron chi connectivity index (χ3n) is 2.37. The molecule has 0 bridgehead atoms. The summed E-state index contributed by atoms with van der Waals surface area (Å²) >= 11 is 0. The quantitative estimate of drug-likeness (QED) is 0.790. The van der Waals surface area contributed by atoms with Crippen LogP contribution in [0.1, 0.15) is 5.56 Å². The Hall–Kier alpha value is -2.10. The molecule has 20 heavy (non-hydrogen) atoms. The van der Waals surface area contributed by atoms with Gasteiger partial charge in [0.15, 0.2) is 0 Å².